The summed E-state index contributed by atoms with van der Waals surface area (Å²) in [7, 11) is 1.95. The van der Waals surface area contributed by atoms with Crippen LogP contribution >= 0.6 is 11.6 Å². The monoisotopic (exact) mass is 275 g/mol. The first-order valence-electron chi connectivity index (χ1n) is 6.41. The fourth-order valence-electron chi connectivity index (χ4n) is 2.22. The molecule has 2 rings (SSSR count). The van der Waals surface area contributed by atoms with Gasteiger partial charge < -0.3 is 5.32 Å². The van der Waals surface area contributed by atoms with Gasteiger partial charge in [-0.1, -0.05) is 30.7 Å². The van der Waals surface area contributed by atoms with Crippen LogP contribution in [0.25, 0.3) is 0 Å². The van der Waals surface area contributed by atoms with Crippen LogP contribution in [0.3, 0.4) is 0 Å². The van der Waals surface area contributed by atoms with Gasteiger partial charge in [-0.2, -0.15) is 10.2 Å². The minimum atomic E-state index is 0.112. The molecular formula is C15H18ClN3. The molecule has 0 spiro atoms. The second-order valence-corrected chi connectivity index (χ2v) is 4.95. The van der Waals surface area contributed by atoms with Crippen LogP contribution in [0, 0.1) is 6.92 Å². The van der Waals surface area contributed by atoms with Crippen molar-refractivity contribution in [1.82, 2.24) is 15.5 Å². The molecule has 1 aromatic heterocycles. The van der Waals surface area contributed by atoms with E-state index in [1.165, 1.54) is 11.1 Å². The molecule has 0 amide bonds. The van der Waals surface area contributed by atoms with E-state index in [-0.39, 0.29) is 6.04 Å². The number of hydrogen-bond acceptors (Lipinski definition) is 3. The Kier molecular flexibility index (Phi) is 4.51. The van der Waals surface area contributed by atoms with Crippen molar-refractivity contribution in [3.63, 3.8) is 0 Å². The number of rotatable bonds is 4. The molecular weight excluding hydrogens is 258 g/mol. The van der Waals surface area contributed by atoms with Gasteiger partial charge >= 0.3 is 0 Å². The van der Waals surface area contributed by atoms with Gasteiger partial charge in [0.1, 0.15) is 0 Å². The largest absolute Gasteiger partial charge is 0.309 e. The number of nitrogens with zero attached hydrogens (tertiary/aromatic N) is 2. The Hall–Kier alpha value is -1.45. The summed E-state index contributed by atoms with van der Waals surface area (Å²) in [4.78, 5) is 0. The Bertz CT molecular complexity index is 552. The normalized spacial score (nSPS) is 12.4. The van der Waals surface area contributed by atoms with Crippen LogP contribution < -0.4 is 5.32 Å². The third-order valence-corrected chi connectivity index (χ3v) is 3.42. The van der Waals surface area contributed by atoms with E-state index >= 15 is 0 Å². The van der Waals surface area contributed by atoms with Crippen molar-refractivity contribution >= 4 is 11.6 Å². The number of nitrogens with one attached hydrogen (secondary N) is 1. The Balaban J connectivity index is 2.47. The van der Waals surface area contributed by atoms with Crippen molar-refractivity contribution in [3.8, 4) is 0 Å². The molecule has 3 nitrogen and oxygen atoms in total. The molecule has 1 aromatic carbocycles. The van der Waals surface area contributed by atoms with Gasteiger partial charge in [-0.05, 0) is 49.7 Å². The van der Waals surface area contributed by atoms with Crippen molar-refractivity contribution in [2.75, 3.05) is 7.05 Å². The van der Waals surface area contributed by atoms with Gasteiger partial charge in [0.05, 0.1) is 17.4 Å². The van der Waals surface area contributed by atoms with Crippen molar-refractivity contribution in [2.45, 2.75) is 26.3 Å². The minimum Gasteiger partial charge on any atom is -0.309 e. The Labute approximate surface area is 119 Å². The van der Waals surface area contributed by atoms with Crippen LogP contribution in [0.5, 0.6) is 0 Å². The van der Waals surface area contributed by atoms with E-state index in [2.05, 4.69) is 28.5 Å². The van der Waals surface area contributed by atoms with E-state index in [9.17, 15) is 0 Å². The maximum Gasteiger partial charge on any atom is 0.0679 e. The molecule has 0 aliphatic heterocycles. The van der Waals surface area contributed by atoms with Gasteiger partial charge in [0, 0.05) is 5.02 Å². The molecule has 1 unspecified atom stereocenters. The van der Waals surface area contributed by atoms with Crippen molar-refractivity contribution in [3.05, 3.63) is 57.9 Å². The van der Waals surface area contributed by atoms with Gasteiger partial charge in [0.2, 0.25) is 0 Å². The molecule has 100 valence electrons. The number of halogens is 1. The molecule has 1 N–H and O–H groups in total. The number of aryl methyl sites for hydroxylation is 2. The van der Waals surface area contributed by atoms with Crippen LogP contribution in [-0.2, 0) is 6.42 Å². The van der Waals surface area contributed by atoms with Crippen LogP contribution in [-0.4, -0.2) is 17.2 Å². The average molecular weight is 276 g/mol. The highest BCUT2D eigenvalue weighted by molar-refractivity contribution is 6.30. The predicted molar refractivity (Wildman–Crippen MR) is 78.5 cm³/mol. The first-order valence-corrected chi connectivity index (χ1v) is 6.79. The smallest absolute Gasteiger partial charge is 0.0679 e. The lowest BCUT2D eigenvalue weighted by Gasteiger charge is -2.19. The zero-order valence-corrected chi connectivity index (χ0v) is 12.2. The average Bonchev–Trinajstić information content (AvgIpc) is 2.42. The molecule has 4 heteroatoms. The predicted octanol–water partition coefficient (Wildman–Crippen LogP) is 3.31. The first kappa shape index (κ1) is 14.0. The van der Waals surface area contributed by atoms with E-state index in [0.717, 1.165) is 22.8 Å². The van der Waals surface area contributed by atoms with Gasteiger partial charge in [0.25, 0.3) is 0 Å². The number of benzene rings is 1. The molecule has 0 saturated heterocycles. The topological polar surface area (TPSA) is 37.8 Å². The lowest BCUT2D eigenvalue weighted by Crippen LogP contribution is -2.20. The second kappa shape index (κ2) is 6.13. The molecule has 1 heterocycles. The van der Waals surface area contributed by atoms with Crippen molar-refractivity contribution in [2.24, 2.45) is 0 Å². The number of aromatic nitrogens is 2. The summed E-state index contributed by atoms with van der Waals surface area (Å²) in [5.74, 6) is 0. The summed E-state index contributed by atoms with van der Waals surface area (Å²) in [6.45, 7) is 4.06. The molecule has 0 fully saturated rings. The van der Waals surface area contributed by atoms with Gasteiger partial charge in [-0.3, -0.25) is 0 Å². The molecule has 0 radical (unpaired) electrons. The first-order chi connectivity index (χ1) is 9.15. The quantitative estimate of drug-likeness (QED) is 0.930. The second-order valence-electron chi connectivity index (χ2n) is 4.51. The van der Waals surface area contributed by atoms with E-state index in [0.29, 0.717) is 0 Å². The summed E-state index contributed by atoms with van der Waals surface area (Å²) in [5.41, 5.74) is 4.31. The maximum atomic E-state index is 5.95. The molecule has 0 aliphatic rings. The Morgan fingerprint density at radius 2 is 1.89 bits per heavy atom. The van der Waals surface area contributed by atoms with Gasteiger partial charge in [-0.25, -0.2) is 0 Å². The molecule has 0 saturated carbocycles. The maximum absolute atomic E-state index is 5.95. The molecule has 1 atom stereocenters. The SMILES string of the molecule is CCc1nnc(C)cc1C(NC)c1ccc(Cl)cc1. The van der Waals surface area contributed by atoms with E-state index in [1.54, 1.807) is 0 Å². The minimum absolute atomic E-state index is 0.112. The van der Waals surface area contributed by atoms with Gasteiger partial charge in [-0.15, -0.1) is 0 Å². The highest BCUT2D eigenvalue weighted by Crippen LogP contribution is 2.25. The van der Waals surface area contributed by atoms with Crippen LogP contribution in [0.1, 0.15) is 35.5 Å². The number of hydrogen-bond donors (Lipinski definition) is 1. The van der Waals surface area contributed by atoms with Crippen LogP contribution in [0.15, 0.2) is 30.3 Å². The summed E-state index contributed by atoms with van der Waals surface area (Å²) in [6.07, 6.45) is 0.869. The molecule has 0 bridgehead atoms. The summed E-state index contributed by atoms with van der Waals surface area (Å²) in [6, 6.07) is 10.1. The summed E-state index contributed by atoms with van der Waals surface area (Å²) in [5, 5.41) is 12.5. The van der Waals surface area contributed by atoms with Crippen LogP contribution in [0.2, 0.25) is 5.02 Å². The zero-order valence-electron chi connectivity index (χ0n) is 11.4. The van der Waals surface area contributed by atoms with E-state index in [1.807, 2.05) is 38.2 Å². The fourth-order valence-corrected chi connectivity index (χ4v) is 2.34. The lowest BCUT2D eigenvalue weighted by molar-refractivity contribution is 0.669. The highest BCUT2D eigenvalue weighted by Gasteiger charge is 2.16. The third-order valence-electron chi connectivity index (χ3n) is 3.16. The van der Waals surface area contributed by atoms with Gasteiger partial charge in [0.15, 0.2) is 0 Å². The fraction of sp³-hybridized carbons (Fsp3) is 0.333. The molecule has 0 aliphatic carbocycles. The third kappa shape index (κ3) is 3.11. The summed E-state index contributed by atoms with van der Waals surface area (Å²) < 4.78 is 0. The van der Waals surface area contributed by atoms with E-state index < -0.39 is 0 Å². The zero-order chi connectivity index (χ0) is 13.8. The molecule has 2 aromatic rings. The van der Waals surface area contributed by atoms with E-state index in [4.69, 9.17) is 11.6 Å². The highest BCUT2D eigenvalue weighted by atomic mass is 35.5. The Morgan fingerprint density at radius 1 is 1.21 bits per heavy atom. The molecule has 19 heavy (non-hydrogen) atoms. The summed E-state index contributed by atoms with van der Waals surface area (Å²) >= 11 is 5.95. The standard InChI is InChI=1S/C15H18ClN3/c1-4-14-13(9-10(2)18-19-14)15(17-3)11-5-7-12(16)8-6-11/h5-9,15,17H,4H2,1-3H3. The Morgan fingerprint density at radius 3 is 2.47 bits per heavy atom. The lowest BCUT2D eigenvalue weighted by atomic mass is 9.96. The van der Waals surface area contributed by atoms with Crippen molar-refractivity contribution in [1.29, 1.82) is 0 Å². The van der Waals surface area contributed by atoms with Crippen molar-refractivity contribution < 1.29 is 0 Å². The van der Waals surface area contributed by atoms with Crippen LogP contribution in [0.4, 0.5) is 0 Å².